The van der Waals surface area contributed by atoms with E-state index in [-0.39, 0.29) is 22.9 Å². The van der Waals surface area contributed by atoms with Gasteiger partial charge < -0.3 is 15.0 Å². The van der Waals surface area contributed by atoms with Gasteiger partial charge in [0.05, 0.1) is 11.5 Å². The van der Waals surface area contributed by atoms with Gasteiger partial charge in [-0.2, -0.15) is 4.31 Å². The molecule has 172 valence electrons. The monoisotopic (exact) mass is 451 g/mol. The first-order valence-electron chi connectivity index (χ1n) is 11.0. The summed E-state index contributed by atoms with van der Waals surface area (Å²) in [6.45, 7) is 8.28. The van der Waals surface area contributed by atoms with Crippen LogP contribution in [0.15, 0.2) is 29.2 Å². The fraction of sp³-hybridized carbons (Fsp3) is 0.636. The lowest BCUT2D eigenvalue weighted by Gasteiger charge is -2.34. The van der Waals surface area contributed by atoms with Crippen LogP contribution in [0.2, 0.25) is 0 Å². The minimum Gasteiger partial charge on any atom is -0.450 e. The van der Waals surface area contributed by atoms with Crippen LogP contribution in [0.5, 0.6) is 0 Å². The molecule has 31 heavy (non-hydrogen) atoms. The summed E-state index contributed by atoms with van der Waals surface area (Å²) < 4.78 is 32.8. The highest BCUT2D eigenvalue weighted by atomic mass is 32.2. The van der Waals surface area contributed by atoms with Gasteiger partial charge in [-0.15, -0.1) is 0 Å². The van der Waals surface area contributed by atoms with Crippen molar-refractivity contribution in [3.05, 3.63) is 29.8 Å². The molecule has 2 atom stereocenters. The normalized spacial score (nSPS) is 23.4. The fourth-order valence-electron chi connectivity index (χ4n) is 4.44. The Bertz CT molecular complexity index is 886. The van der Waals surface area contributed by atoms with E-state index >= 15 is 0 Å². The molecule has 0 bridgehead atoms. The van der Waals surface area contributed by atoms with Gasteiger partial charge >= 0.3 is 6.09 Å². The molecule has 2 unspecified atom stereocenters. The highest BCUT2D eigenvalue weighted by Crippen LogP contribution is 2.27. The van der Waals surface area contributed by atoms with E-state index in [1.165, 1.54) is 10.4 Å². The lowest BCUT2D eigenvalue weighted by Crippen LogP contribution is -2.46. The van der Waals surface area contributed by atoms with Gasteiger partial charge in [-0.3, -0.25) is 4.79 Å². The number of rotatable bonds is 5. The van der Waals surface area contributed by atoms with Crippen LogP contribution < -0.4 is 5.32 Å². The standard InChI is InChI=1S/C22H33N3O5S/c1-4-30-22(27)24-10-8-19(9-11-24)23-21(26)18-6-5-7-20(13-18)31(28,29)25-14-16(2)12-17(3)15-25/h5-7,13,16-17,19H,4,8-12,14-15H2,1-3H3,(H,23,26). The second-order valence-electron chi connectivity index (χ2n) is 8.73. The number of amides is 2. The zero-order chi connectivity index (χ0) is 22.6. The SMILES string of the molecule is CCOC(=O)N1CCC(NC(=O)c2cccc(S(=O)(=O)N3CC(C)CC(C)C3)c2)CC1. The van der Waals surface area contributed by atoms with E-state index in [4.69, 9.17) is 4.74 Å². The molecule has 1 aromatic carbocycles. The van der Waals surface area contributed by atoms with Crippen LogP contribution in [0, 0.1) is 11.8 Å². The fourth-order valence-corrected chi connectivity index (χ4v) is 6.16. The molecule has 2 heterocycles. The number of hydrogen-bond donors (Lipinski definition) is 1. The van der Waals surface area contributed by atoms with Crippen molar-refractivity contribution in [3.8, 4) is 0 Å². The average Bonchev–Trinajstić information content (AvgIpc) is 2.74. The van der Waals surface area contributed by atoms with Gasteiger partial charge in [0.25, 0.3) is 5.91 Å². The Kier molecular flexibility index (Phi) is 7.59. The predicted molar refractivity (Wildman–Crippen MR) is 117 cm³/mol. The van der Waals surface area contributed by atoms with Gasteiger partial charge in [0.2, 0.25) is 10.0 Å². The Hall–Kier alpha value is -2.13. The molecule has 3 rings (SSSR count). The van der Waals surface area contributed by atoms with Crippen molar-refractivity contribution in [1.29, 1.82) is 0 Å². The third-order valence-corrected chi connectivity index (χ3v) is 7.75. The first-order valence-corrected chi connectivity index (χ1v) is 12.5. The predicted octanol–water partition coefficient (Wildman–Crippen LogP) is 2.70. The maximum Gasteiger partial charge on any atom is 0.409 e. The Morgan fingerprint density at radius 1 is 1.13 bits per heavy atom. The molecule has 2 saturated heterocycles. The van der Waals surface area contributed by atoms with E-state index in [1.807, 2.05) is 0 Å². The maximum atomic E-state index is 13.1. The van der Waals surface area contributed by atoms with Crippen LogP contribution in [0.1, 0.15) is 50.4 Å². The lowest BCUT2D eigenvalue weighted by atomic mass is 9.94. The number of hydrogen-bond acceptors (Lipinski definition) is 5. The van der Waals surface area contributed by atoms with Crippen molar-refractivity contribution in [2.75, 3.05) is 32.8 Å². The van der Waals surface area contributed by atoms with Crippen LogP contribution in [-0.2, 0) is 14.8 Å². The number of sulfonamides is 1. The van der Waals surface area contributed by atoms with E-state index in [9.17, 15) is 18.0 Å². The molecule has 1 aromatic rings. The molecule has 0 aliphatic carbocycles. The molecule has 8 nitrogen and oxygen atoms in total. The number of nitrogens with one attached hydrogen (secondary N) is 1. The number of carbonyl (C=O) groups excluding carboxylic acids is 2. The summed E-state index contributed by atoms with van der Waals surface area (Å²) in [5.41, 5.74) is 0.326. The second kappa shape index (κ2) is 9.99. The minimum absolute atomic E-state index is 0.0674. The molecular weight excluding hydrogens is 418 g/mol. The van der Waals surface area contributed by atoms with Crippen molar-refractivity contribution in [1.82, 2.24) is 14.5 Å². The van der Waals surface area contributed by atoms with Gasteiger partial charge in [0.15, 0.2) is 0 Å². The Morgan fingerprint density at radius 2 is 1.77 bits per heavy atom. The molecular formula is C22H33N3O5S. The first kappa shape index (κ1) is 23.5. The first-order chi connectivity index (χ1) is 14.7. The molecule has 0 aromatic heterocycles. The maximum absolute atomic E-state index is 13.1. The van der Waals surface area contributed by atoms with Gasteiger partial charge in [0, 0.05) is 37.8 Å². The van der Waals surface area contributed by atoms with Gasteiger partial charge in [-0.1, -0.05) is 19.9 Å². The van der Waals surface area contributed by atoms with E-state index < -0.39 is 10.0 Å². The zero-order valence-corrected chi connectivity index (χ0v) is 19.4. The van der Waals surface area contributed by atoms with Crippen LogP contribution in [0.25, 0.3) is 0 Å². The lowest BCUT2D eigenvalue weighted by molar-refractivity contribution is 0.0860. The molecule has 0 spiro atoms. The molecule has 2 fully saturated rings. The van der Waals surface area contributed by atoms with Crippen LogP contribution >= 0.6 is 0 Å². The Morgan fingerprint density at radius 3 is 2.39 bits per heavy atom. The van der Waals surface area contributed by atoms with E-state index in [1.54, 1.807) is 30.0 Å². The largest absolute Gasteiger partial charge is 0.450 e. The molecule has 0 saturated carbocycles. The van der Waals surface area contributed by atoms with Crippen molar-refractivity contribution in [3.63, 3.8) is 0 Å². The topological polar surface area (TPSA) is 96.0 Å². The third-order valence-electron chi connectivity index (χ3n) is 5.93. The van der Waals surface area contributed by atoms with Gasteiger partial charge in [-0.05, 0) is 56.2 Å². The quantitative estimate of drug-likeness (QED) is 0.743. The smallest absolute Gasteiger partial charge is 0.409 e. The summed E-state index contributed by atoms with van der Waals surface area (Å²) in [4.78, 5) is 26.4. The molecule has 9 heteroatoms. The molecule has 2 aliphatic heterocycles. The number of piperidine rings is 2. The van der Waals surface area contributed by atoms with E-state index in [0.717, 1.165) is 6.42 Å². The average molecular weight is 452 g/mol. The summed E-state index contributed by atoms with van der Waals surface area (Å²) >= 11 is 0. The van der Waals surface area contributed by atoms with Gasteiger partial charge in [-0.25, -0.2) is 13.2 Å². The van der Waals surface area contributed by atoms with Crippen LogP contribution in [0.3, 0.4) is 0 Å². The summed E-state index contributed by atoms with van der Waals surface area (Å²) in [6.07, 6.45) is 1.95. The Balaban J connectivity index is 1.63. The summed E-state index contributed by atoms with van der Waals surface area (Å²) in [5.74, 6) is 0.322. The number of carbonyl (C=O) groups is 2. The highest BCUT2D eigenvalue weighted by molar-refractivity contribution is 7.89. The number of likely N-dealkylation sites (tertiary alicyclic amines) is 1. The second-order valence-corrected chi connectivity index (χ2v) is 10.7. The van der Waals surface area contributed by atoms with Gasteiger partial charge in [0.1, 0.15) is 0 Å². The molecule has 1 N–H and O–H groups in total. The summed E-state index contributed by atoms with van der Waals surface area (Å²) in [6, 6.07) is 6.18. The van der Waals surface area contributed by atoms with Crippen molar-refractivity contribution >= 4 is 22.0 Å². The van der Waals surface area contributed by atoms with Crippen molar-refractivity contribution in [2.45, 2.75) is 51.0 Å². The molecule has 2 aliphatic rings. The number of nitrogens with zero attached hydrogens (tertiary/aromatic N) is 2. The van der Waals surface area contributed by atoms with Crippen molar-refractivity contribution < 1.29 is 22.7 Å². The number of ether oxygens (including phenoxy) is 1. The van der Waals surface area contributed by atoms with Crippen molar-refractivity contribution in [2.24, 2.45) is 11.8 Å². The molecule has 0 radical (unpaired) electrons. The summed E-state index contributed by atoms with van der Waals surface area (Å²) in [5, 5.41) is 2.97. The van der Waals surface area contributed by atoms with Crippen LogP contribution in [-0.4, -0.2) is 68.5 Å². The Labute approximate surface area is 185 Å². The molecule has 2 amide bonds. The van der Waals surface area contributed by atoms with E-state index in [2.05, 4.69) is 19.2 Å². The summed E-state index contributed by atoms with van der Waals surface area (Å²) in [7, 11) is -3.64. The third kappa shape index (κ3) is 5.77. The van der Waals surface area contributed by atoms with Crippen LogP contribution in [0.4, 0.5) is 4.79 Å². The van der Waals surface area contributed by atoms with E-state index in [0.29, 0.717) is 63.0 Å². The zero-order valence-electron chi connectivity index (χ0n) is 18.5. The highest BCUT2D eigenvalue weighted by Gasteiger charge is 2.32. The number of benzene rings is 1. The minimum atomic E-state index is -3.64.